The molecule has 0 aliphatic heterocycles. The fraction of sp³-hybridized carbons (Fsp3) is 0.435. The van der Waals surface area contributed by atoms with E-state index in [1.54, 1.807) is 0 Å². The smallest absolute Gasteiger partial charge is 0.251 e. The van der Waals surface area contributed by atoms with E-state index in [0.29, 0.717) is 12.2 Å². The van der Waals surface area contributed by atoms with Crippen LogP contribution in [-0.2, 0) is 6.42 Å². The highest BCUT2D eigenvalue weighted by atomic mass is 16.5. The Bertz CT molecular complexity index is 785. The van der Waals surface area contributed by atoms with Crippen LogP contribution in [0.2, 0.25) is 0 Å². The van der Waals surface area contributed by atoms with Crippen LogP contribution in [0, 0.1) is 0 Å². The van der Waals surface area contributed by atoms with E-state index in [0.717, 1.165) is 50.3 Å². The van der Waals surface area contributed by atoms with E-state index in [9.17, 15) is 4.79 Å². The van der Waals surface area contributed by atoms with Crippen molar-refractivity contribution in [3.05, 3.63) is 59.2 Å². The Hall–Kier alpha value is -2.53. The molecule has 3 rings (SSSR count). The molecular weight excluding hydrogens is 350 g/mol. The highest BCUT2D eigenvalue weighted by Crippen LogP contribution is 2.31. The number of aryl methyl sites for hydroxylation is 1. The van der Waals surface area contributed by atoms with Crippen molar-refractivity contribution in [3.63, 3.8) is 0 Å². The van der Waals surface area contributed by atoms with Crippen LogP contribution in [0.3, 0.4) is 0 Å². The molecule has 2 aromatic rings. The summed E-state index contributed by atoms with van der Waals surface area (Å²) in [7, 11) is 0. The first-order chi connectivity index (χ1) is 13.6. The number of amides is 1. The third-order valence-corrected chi connectivity index (χ3v) is 5.47. The molecule has 1 aliphatic carbocycles. The maximum atomic E-state index is 12.7. The Morgan fingerprint density at radius 3 is 2.64 bits per heavy atom. The average molecular weight is 382 g/mol. The molecular formula is C23H31N3O2. The SMILES string of the molecule is CCN(CC)CCOc1ccc(C(=O)NC2CCCc3cc(N)ccc32)cc1. The zero-order chi connectivity index (χ0) is 19.9. The van der Waals surface area contributed by atoms with Gasteiger partial charge < -0.3 is 20.7 Å². The minimum Gasteiger partial charge on any atom is -0.492 e. The Morgan fingerprint density at radius 2 is 1.93 bits per heavy atom. The number of hydrogen-bond acceptors (Lipinski definition) is 4. The standard InChI is InChI=1S/C23H31N3O2/c1-3-26(4-2)14-15-28-20-11-8-17(9-12-20)23(27)25-22-7-5-6-18-16-19(24)10-13-21(18)22/h8-13,16,22H,3-7,14-15,24H2,1-2H3,(H,25,27). The molecule has 0 radical (unpaired) electrons. The van der Waals surface area contributed by atoms with Crippen molar-refractivity contribution >= 4 is 11.6 Å². The molecule has 3 N–H and O–H groups in total. The molecule has 0 aromatic heterocycles. The van der Waals surface area contributed by atoms with Gasteiger partial charge in [-0.05, 0) is 79.9 Å². The van der Waals surface area contributed by atoms with E-state index in [4.69, 9.17) is 10.5 Å². The van der Waals surface area contributed by atoms with Gasteiger partial charge in [-0.15, -0.1) is 0 Å². The van der Waals surface area contributed by atoms with Crippen molar-refractivity contribution < 1.29 is 9.53 Å². The second-order valence-corrected chi connectivity index (χ2v) is 7.28. The summed E-state index contributed by atoms with van der Waals surface area (Å²) in [6.45, 7) is 7.90. The third-order valence-electron chi connectivity index (χ3n) is 5.47. The van der Waals surface area contributed by atoms with Gasteiger partial charge >= 0.3 is 0 Å². The molecule has 1 unspecified atom stereocenters. The van der Waals surface area contributed by atoms with E-state index < -0.39 is 0 Å². The number of fused-ring (bicyclic) bond motifs is 1. The first-order valence-electron chi connectivity index (χ1n) is 10.2. The number of carbonyl (C=O) groups is 1. The van der Waals surface area contributed by atoms with Gasteiger partial charge in [0.2, 0.25) is 0 Å². The number of nitrogens with one attached hydrogen (secondary N) is 1. The Kier molecular flexibility index (Phi) is 6.93. The molecule has 0 saturated carbocycles. The van der Waals surface area contributed by atoms with Crippen molar-refractivity contribution in [2.24, 2.45) is 0 Å². The van der Waals surface area contributed by atoms with E-state index in [2.05, 4.69) is 24.1 Å². The van der Waals surface area contributed by atoms with Crippen molar-refractivity contribution in [2.75, 3.05) is 32.0 Å². The quantitative estimate of drug-likeness (QED) is 0.683. The maximum Gasteiger partial charge on any atom is 0.251 e. The minimum atomic E-state index is -0.0515. The van der Waals surface area contributed by atoms with Crippen LogP contribution in [0.1, 0.15) is 54.2 Å². The summed E-state index contributed by atoms with van der Waals surface area (Å²) in [5, 5.41) is 3.18. The minimum absolute atomic E-state index is 0.0434. The largest absolute Gasteiger partial charge is 0.492 e. The van der Waals surface area contributed by atoms with Gasteiger partial charge in [0.05, 0.1) is 6.04 Å². The van der Waals surface area contributed by atoms with Crippen LogP contribution < -0.4 is 15.8 Å². The van der Waals surface area contributed by atoms with Gasteiger partial charge in [0, 0.05) is 17.8 Å². The van der Waals surface area contributed by atoms with Gasteiger partial charge in [-0.3, -0.25) is 4.79 Å². The van der Waals surface area contributed by atoms with Crippen LogP contribution >= 0.6 is 0 Å². The first kappa shape index (κ1) is 20.2. The molecule has 5 heteroatoms. The number of rotatable bonds is 8. The summed E-state index contributed by atoms with van der Waals surface area (Å²) in [4.78, 5) is 15.0. The lowest BCUT2D eigenvalue weighted by atomic mass is 9.87. The monoisotopic (exact) mass is 381 g/mol. The van der Waals surface area contributed by atoms with E-state index in [1.807, 2.05) is 42.5 Å². The number of ether oxygens (including phenoxy) is 1. The average Bonchev–Trinajstić information content (AvgIpc) is 2.71. The summed E-state index contributed by atoms with van der Waals surface area (Å²) in [5.74, 6) is 0.742. The lowest BCUT2D eigenvalue weighted by Gasteiger charge is -2.26. The van der Waals surface area contributed by atoms with Crippen molar-refractivity contribution in [3.8, 4) is 5.75 Å². The van der Waals surface area contributed by atoms with Crippen LogP contribution in [0.25, 0.3) is 0 Å². The van der Waals surface area contributed by atoms with Crippen LogP contribution in [-0.4, -0.2) is 37.0 Å². The number of benzene rings is 2. The number of likely N-dealkylation sites (N-methyl/N-ethyl adjacent to an activating group) is 1. The molecule has 0 heterocycles. The van der Waals surface area contributed by atoms with Gasteiger partial charge in [0.15, 0.2) is 0 Å². The lowest BCUT2D eigenvalue weighted by molar-refractivity contribution is 0.0932. The fourth-order valence-electron chi connectivity index (χ4n) is 3.76. The van der Waals surface area contributed by atoms with Gasteiger partial charge in [0.1, 0.15) is 12.4 Å². The molecule has 5 nitrogen and oxygen atoms in total. The summed E-state index contributed by atoms with van der Waals surface area (Å²) < 4.78 is 5.80. The number of nitrogens with zero attached hydrogens (tertiary/aromatic N) is 1. The Balaban J connectivity index is 1.57. The van der Waals surface area contributed by atoms with Gasteiger partial charge in [-0.1, -0.05) is 19.9 Å². The fourth-order valence-corrected chi connectivity index (χ4v) is 3.76. The number of hydrogen-bond donors (Lipinski definition) is 2. The normalized spacial score (nSPS) is 15.9. The topological polar surface area (TPSA) is 67.6 Å². The Morgan fingerprint density at radius 1 is 1.18 bits per heavy atom. The first-order valence-corrected chi connectivity index (χ1v) is 10.2. The van der Waals surface area contributed by atoms with Crippen molar-refractivity contribution in [1.29, 1.82) is 0 Å². The molecule has 0 saturated heterocycles. The predicted octanol–water partition coefficient (Wildman–Crippen LogP) is 3.80. The van der Waals surface area contributed by atoms with E-state index in [1.165, 1.54) is 11.1 Å². The lowest BCUT2D eigenvalue weighted by Crippen LogP contribution is -2.31. The summed E-state index contributed by atoms with van der Waals surface area (Å²) in [6, 6.07) is 13.4. The Labute approximate surface area is 167 Å². The van der Waals surface area contributed by atoms with Gasteiger partial charge in [-0.25, -0.2) is 0 Å². The molecule has 2 aromatic carbocycles. The number of carbonyl (C=O) groups excluding carboxylic acids is 1. The van der Waals surface area contributed by atoms with Crippen LogP contribution in [0.15, 0.2) is 42.5 Å². The molecule has 0 bridgehead atoms. The molecule has 0 fully saturated rings. The van der Waals surface area contributed by atoms with Crippen molar-refractivity contribution in [2.45, 2.75) is 39.2 Å². The molecule has 1 amide bonds. The van der Waals surface area contributed by atoms with E-state index >= 15 is 0 Å². The zero-order valence-electron chi connectivity index (χ0n) is 16.9. The van der Waals surface area contributed by atoms with Crippen molar-refractivity contribution in [1.82, 2.24) is 10.2 Å². The third kappa shape index (κ3) is 5.04. The molecule has 1 aliphatic rings. The highest BCUT2D eigenvalue weighted by molar-refractivity contribution is 5.94. The summed E-state index contributed by atoms with van der Waals surface area (Å²) in [5.41, 5.74) is 9.76. The van der Waals surface area contributed by atoms with Crippen LogP contribution in [0.5, 0.6) is 5.75 Å². The van der Waals surface area contributed by atoms with Gasteiger partial charge in [-0.2, -0.15) is 0 Å². The van der Waals surface area contributed by atoms with Crippen LogP contribution in [0.4, 0.5) is 5.69 Å². The predicted molar refractivity (Wildman–Crippen MR) is 114 cm³/mol. The second kappa shape index (κ2) is 9.60. The van der Waals surface area contributed by atoms with E-state index in [-0.39, 0.29) is 11.9 Å². The zero-order valence-corrected chi connectivity index (χ0v) is 16.9. The number of nitrogens with two attached hydrogens (primary N) is 1. The molecule has 150 valence electrons. The second-order valence-electron chi connectivity index (χ2n) is 7.28. The molecule has 0 spiro atoms. The summed E-state index contributed by atoms with van der Waals surface area (Å²) in [6.07, 6.45) is 3.03. The highest BCUT2D eigenvalue weighted by Gasteiger charge is 2.22. The molecule has 1 atom stereocenters. The summed E-state index contributed by atoms with van der Waals surface area (Å²) >= 11 is 0. The maximum absolute atomic E-state index is 12.7. The van der Waals surface area contributed by atoms with Gasteiger partial charge in [0.25, 0.3) is 5.91 Å². The number of anilines is 1. The number of nitrogen functional groups attached to an aromatic ring is 1. The molecule has 28 heavy (non-hydrogen) atoms.